The molecular formula is C6H14NO3P. The Balaban J connectivity index is 3.38. The van der Waals surface area contributed by atoms with Crippen molar-refractivity contribution in [3.63, 3.8) is 0 Å². The van der Waals surface area contributed by atoms with Gasteiger partial charge in [-0.3, -0.25) is 9.36 Å². The number of nitrogens with two attached hydrogens (primary N) is 1. The van der Waals surface area contributed by atoms with E-state index in [0.29, 0.717) is 6.16 Å². The maximum atomic E-state index is 10.8. The van der Waals surface area contributed by atoms with E-state index in [4.69, 9.17) is 10.3 Å². The van der Waals surface area contributed by atoms with Gasteiger partial charge >= 0.3 is 0 Å². The Kier molecular flexibility index (Phi) is 6.42. The number of rotatable bonds is 6. The van der Waals surface area contributed by atoms with Crippen LogP contribution in [0.25, 0.3) is 0 Å². The normalized spacial score (nSPS) is 12.9. The first-order valence-electron chi connectivity index (χ1n) is 3.58. The summed E-state index contributed by atoms with van der Waals surface area (Å²) in [4.78, 5) is 10.5. The molecule has 0 fully saturated rings. The lowest BCUT2D eigenvalue weighted by molar-refractivity contribution is -0.119. The van der Waals surface area contributed by atoms with Crippen molar-refractivity contribution in [1.82, 2.24) is 0 Å². The maximum Gasteiger partial charge on any atom is 0.192 e. The highest BCUT2D eigenvalue weighted by Crippen LogP contribution is 2.21. The van der Waals surface area contributed by atoms with E-state index < -0.39 is 8.03 Å². The average Bonchev–Trinajstić information content (AvgIpc) is 2.01. The Labute approximate surface area is 67.0 Å². The fourth-order valence-corrected chi connectivity index (χ4v) is 1.37. The summed E-state index contributed by atoms with van der Waals surface area (Å²) in [5.74, 6) is -0.209. The molecule has 0 aliphatic heterocycles. The van der Waals surface area contributed by atoms with Crippen molar-refractivity contribution in [2.45, 2.75) is 13.3 Å². The van der Waals surface area contributed by atoms with Gasteiger partial charge in [0.25, 0.3) is 0 Å². The Morgan fingerprint density at radius 3 is 2.73 bits per heavy atom. The van der Waals surface area contributed by atoms with Crippen LogP contribution in [-0.2, 0) is 13.9 Å². The molecule has 0 spiro atoms. The molecule has 1 atom stereocenters. The molecule has 66 valence electrons. The first-order valence-corrected chi connectivity index (χ1v) is 5.10. The van der Waals surface area contributed by atoms with Gasteiger partial charge in [0.2, 0.25) is 0 Å². The van der Waals surface area contributed by atoms with Gasteiger partial charge in [-0.25, -0.2) is 0 Å². The van der Waals surface area contributed by atoms with Gasteiger partial charge in [-0.15, -0.1) is 0 Å². The largest absolute Gasteiger partial charge is 0.324 e. The van der Waals surface area contributed by atoms with Crippen LogP contribution in [0.3, 0.4) is 0 Å². The lowest BCUT2D eigenvalue weighted by atomic mass is 10.4. The summed E-state index contributed by atoms with van der Waals surface area (Å²) < 4.78 is 15.6. The molecule has 0 radical (unpaired) electrons. The molecule has 5 heteroatoms. The molecule has 0 aliphatic carbocycles. The van der Waals surface area contributed by atoms with E-state index in [9.17, 15) is 9.36 Å². The quantitative estimate of drug-likeness (QED) is 0.600. The van der Waals surface area contributed by atoms with Gasteiger partial charge in [0, 0.05) is 6.16 Å². The topological polar surface area (TPSA) is 69.4 Å². The maximum absolute atomic E-state index is 10.8. The number of hydrogen-bond acceptors (Lipinski definition) is 4. The van der Waals surface area contributed by atoms with E-state index in [0.717, 1.165) is 6.42 Å². The lowest BCUT2D eigenvalue weighted by Gasteiger charge is -1.99. The van der Waals surface area contributed by atoms with Gasteiger partial charge in [0.1, 0.15) is 6.61 Å². The number of ketones is 1. The van der Waals surface area contributed by atoms with Crippen molar-refractivity contribution < 1.29 is 13.9 Å². The highest BCUT2D eigenvalue weighted by Gasteiger charge is 2.01. The average molecular weight is 179 g/mol. The van der Waals surface area contributed by atoms with Gasteiger partial charge in [0.05, 0.1) is 6.54 Å². The minimum atomic E-state index is -1.97. The van der Waals surface area contributed by atoms with Gasteiger partial charge in [-0.2, -0.15) is 0 Å². The van der Waals surface area contributed by atoms with Crippen molar-refractivity contribution in [2.24, 2.45) is 5.73 Å². The Morgan fingerprint density at radius 1 is 1.64 bits per heavy atom. The zero-order valence-corrected chi connectivity index (χ0v) is 7.63. The third kappa shape index (κ3) is 6.23. The van der Waals surface area contributed by atoms with Crippen molar-refractivity contribution >= 4 is 13.8 Å². The zero-order valence-electron chi connectivity index (χ0n) is 6.63. The predicted octanol–water partition coefficient (Wildman–Crippen LogP) is 0.415. The van der Waals surface area contributed by atoms with Crippen LogP contribution in [0.4, 0.5) is 0 Å². The summed E-state index contributed by atoms with van der Waals surface area (Å²) in [6, 6.07) is 0. The van der Waals surface area contributed by atoms with Crippen molar-refractivity contribution in [3.8, 4) is 0 Å². The minimum absolute atomic E-state index is 0.0404. The van der Waals surface area contributed by atoms with Crippen LogP contribution in [0.5, 0.6) is 0 Å². The van der Waals surface area contributed by atoms with E-state index in [1.807, 2.05) is 6.92 Å². The molecule has 0 heterocycles. The van der Waals surface area contributed by atoms with Crippen molar-refractivity contribution in [2.75, 3.05) is 19.3 Å². The van der Waals surface area contributed by atoms with E-state index in [1.165, 1.54) is 0 Å². The molecule has 0 aliphatic rings. The molecule has 1 unspecified atom stereocenters. The van der Waals surface area contributed by atoms with Crippen LogP contribution < -0.4 is 5.73 Å². The molecule has 0 rings (SSSR count). The van der Waals surface area contributed by atoms with Crippen LogP contribution in [0.2, 0.25) is 0 Å². The molecule has 0 aromatic rings. The van der Waals surface area contributed by atoms with Gasteiger partial charge in [-0.05, 0) is 6.42 Å². The summed E-state index contributed by atoms with van der Waals surface area (Å²) >= 11 is 0. The molecule has 11 heavy (non-hydrogen) atoms. The smallest absolute Gasteiger partial charge is 0.192 e. The summed E-state index contributed by atoms with van der Waals surface area (Å²) in [5.41, 5.74) is 5.01. The molecule has 2 N–H and O–H groups in total. The second-order valence-electron chi connectivity index (χ2n) is 2.15. The number of carbonyl (C=O) groups is 1. The molecule has 4 nitrogen and oxygen atoms in total. The second-order valence-corrected chi connectivity index (χ2v) is 3.69. The van der Waals surface area contributed by atoms with Crippen LogP contribution in [0.15, 0.2) is 0 Å². The first kappa shape index (κ1) is 10.8. The lowest BCUT2D eigenvalue weighted by Crippen LogP contribution is -2.17. The third-order valence-corrected chi connectivity index (χ3v) is 2.45. The van der Waals surface area contributed by atoms with Crippen molar-refractivity contribution in [1.29, 1.82) is 0 Å². The summed E-state index contributed by atoms with van der Waals surface area (Å²) in [5, 5.41) is 0. The van der Waals surface area contributed by atoms with Crippen LogP contribution in [0.1, 0.15) is 13.3 Å². The number of carbonyl (C=O) groups excluding carboxylic acids is 1. The highest BCUT2D eigenvalue weighted by molar-refractivity contribution is 7.39. The Morgan fingerprint density at radius 2 is 2.27 bits per heavy atom. The number of Topliss-reactive ketones (excluding diaryl/α,β-unsaturated/α-hetero) is 1. The van der Waals surface area contributed by atoms with E-state index in [1.54, 1.807) is 0 Å². The van der Waals surface area contributed by atoms with Gasteiger partial charge in [0.15, 0.2) is 13.8 Å². The molecule has 0 amide bonds. The fourth-order valence-electron chi connectivity index (χ4n) is 0.496. The third-order valence-electron chi connectivity index (χ3n) is 1.08. The monoisotopic (exact) mass is 179 g/mol. The van der Waals surface area contributed by atoms with E-state index >= 15 is 0 Å². The summed E-state index contributed by atoms with van der Waals surface area (Å²) in [6.45, 7) is 1.77. The Bertz CT molecular complexity index is 149. The summed E-state index contributed by atoms with van der Waals surface area (Å²) in [7, 11) is -1.97. The molecule has 0 saturated carbocycles. The molecule has 0 saturated heterocycles. The van der Waals surface area contributed by atoms with Crippen molar-refractivity contribution in [3.05, 3.63) is 0 Å². The first-order chi connectivity index (χ1) is 5.20. The molecule has 0 aromatic carbocycles. The van der Waals surface area contributed by atoms with E-state index in [2.05, 4.69) is 0 Å². The molecular weight excluding hydrogens is 165 g/mol. The van der Waals surface area contributed by atoms with Crippen LogP contribution >= 0.6 is 8.03 Å². The van der Waals surface area contributed by atoms with Gasteiger partial charge < -0.3 is 10.3 Å². The minimum Gasteiger partial charge on any atom is -0.324 e. The molecule has 0 bridgehead atoms. The zero-order chi connectivity index (χ0) is 8.69. The van der Waals surface area contributed by atoms with Crippen LogP contribution in [0, 0.1) is 0 Å². The van der Waals surface area contributed by atoms with Gasteiger partial charge in [-0.1, -0.05) is 6.92 Å². The van der Waals surface area contributed by atoms with E-state index in [-0.39, 0.29) is 18.9 Å². The highest BCUT2D eigenvalue weighted by atomic mass is 31.1. The fraction of sp³-hybridized carbons (Fsp3) is 0.833. The number of hydrogen-bond donors (Lipinski definition) is 1. The standard InChI is InChI=1S/C6H14NO3P/c1-2-3-11(9)10-5-6(8)4-7/h11H,2-5,7H2,1H3. The Hall–Kier alpha value is -0.180. The second kappa shape index (κ2) is 6.53. The SMILES string of the molecule is CCC[PH](=O)OCC(=O)CN. The predicted molar refractivity (Wildman–Crippen MR) is 44.2 cm³/mol. The molecule has 0 aromatic heterocycles. The summed E-state index contributed by atoms with van der Waals surface area (Å²) in [6.07, 6.45) is 1.36. The van der Waals surface area contributed by atoms with Crippen LogP contribution in [-0.4, -0.2) is 25.1 Å².